The first-order valence-electron chi connectivity index (χ1n) is 30.9. The quantitative estimate of drug-likeness (QED) is 0.0229. The molecule has 3 aromatic carbocycles. The molecule has 6 amide bonds. The SMILES string of the molecule is O=C(CCC(=O)N1Cc2ccccc2/C=C\c2ccccc21)NCC(=O)NCC(=O)N[C@@H](Cc1ccccc1)C(=O)NCC(=O)NCOCCn1cnc2c(ncn2[C@@H]2O[C@@H]3COP(O)(=S)OC4C(F)[C@H](n5cc6c7c(ncnc75)NCCC6)O[C@@H]4COP(=O)(S)OC2C3O)c1=O. The van der Waals surface area contributed by atoms with Gasteiger partial charge in [-0.3, -0.25) is 56.3 Å². The molecule has 4 aromatic heterocycles. The molecule has 36 heteroatoms. The molecular formula is C61H67FN14O17P2S2. The van der Waals surface area contributed by atoms with Gasteiger partial charge < -0.3 is 70.1 Å². The number of amides is 6. The fourth-order valence-corrected chi connectivity index (χ4v) is 14.7. The maximum absolute atomic E-state index is 16.7. The highest BCUT2D eigenvalue weighted by Crippen LogP contribution is 2.59. The summed E-state index contributed by atoms with van der Waals surface area (Å²) in [6.45, 7) is -11.4. The molecule has 7 aromatic rings. The number of rotatable bonds is 20. The molecule has 8 N–H and O–H groups in total. The van der Waals surface area contributed by atoms with Crippen LogP contribution < -0.4 is 42.4 Å². The van der Waals surface area contributed by atoms with Gasteiger partial charge in [0.2, 0.25) is 35.4 Å². The van der Waals surface area contributed by atoms with Crippen molar-refractivity contribution in [3.8, 4) is 0 Å². The van der Waals surface area contributed by atoms with Crippen LogP contribution in [0, 0.1) is 0 Å². The number of aliphatic hydroxyl groups excluding tert-OH is 1. The number of hydrogen-bond acceptors (Lipinski definition) is 22. The molecule has 11 atom stereocenters. The van der Waals surface area contributed by atoms with E-state index in [0.29, 0.717) is 47.6 Å². The third-order valence-corrected chi connectivity index (χ3v) is 19.8. The first kappa shape index (κ1) is 68.7. The van der Waals surface area contributed by atoms with Crippen LogP contribution in [0.15, 0.2) is 109 Å². The van der Waals surface area contributed by atoms with Gasteiger partial charge in [0.05, 0.1) is 69.9 Å². The molecule has 5 aliphatic rings. The molecule has 12 rings (SSSR count). The van der Waals surface area contributed by atoms with Crippen LogP contribution in [0.3, 0.4) is 0 Å². The summed E-state index contributed by atoms with van der Waals surface area (Å²) in [5.41, 5.74) is 4.47. The van der Waals surface area contributed by atoms with Gasteiger partial charge in [0.1, 0.15) is 67.4 Å². The molecule has 512 valence electrons. The lowest BCUT2D eigenvalue weighted by molar-refractivity contribution is -0.131. The minimum atomic E-state index is -4.55. The number of halogens is 1. The molecule has 0 aliphatic carbocycles. The number of benzene rings is 3. The first-order valence-corrected chi connectivity index (χ1v) is 36.1. The number of ether oxygens (including phenoxy) is 3. The monoisotopic (exact) mass is 1410 g/mol. The number of thiol groups is 1. The van der Waals surface area contributed by atoms with E-state index in [1.54, 1.807) is 41.4 Å². The number of anilines is 2. The molecule has 3 saturated heterocycles. The number of imidazole rings is 1. The predicted molar refractivity (Wildman–Crippen MR) is 352 cm³/mol. The standard InChI is InChI=1S/C61H67FN14O17P2S2/c62-50-53-43(91-60(50)75-28-39-14-8-20-63-55-49(39)56(75)68-31-67-55)30-89-95(86,97)93-54-52(82)42(29-88-94(85,96)92-53)90-61(54)76-33-69-51-57(76)70-32-73(59(51)84)21-22-87-34-71-46(79)25-66-58(83)40(23-35-9-2-1-3-10-35)72-47(80)26-65-45(78)24-64-44(77)18-19-48(81)74-27-38-13-5-4-11-36(38)16-17-37-12-6-7-15-41(37)74/h1-7,9-13,15-17,28,31-33,40,42-43,50,52-54,60-61,82H,8,14,18-27,29-30,34H2,(H,64,77)(H,65,78)(H,66,83)(H,71,79)(H,72,80)(H,85,96)(H,86,97)(H,63,67,68)/b17-16-/t40-,42+,43+,50?,52?,53?,54?,60+,61+,94?,95?/m0/s1. The number of alkyl halides is 1. The van der Waals surface area contributed by atoms with Gasteiger partial charge in [-0.25, -0.2) is 28.9 Å². The molecule has 3 fully saturated rings. The Balaban J connectivity index is 0.593. The Morgan fingerprint density at radius 1 is 0.773 bits per heavy atom. The number of fused-ring (bicyclic) bond motifs is 6. The van der Waals surface area contributed by atoms with Crippen LogP contribution in [0.2, 0.25) is 0 Å². The van der Waals surface area contributed by atoms with E-state index < -0.39 is 137 Å². The van der Waals surface area contributed by atoms with Crippen molar-refractivity contribution >= 4 is 119 Å². The first-order chi connectivity index (χ1) is 46.8. The van der Waals surface area contributed by atoms with E-state index in [0.717, 1.165) is 28.7 Å². The Hall–Kier alpha value is -8.21. The number of aryl methyl sites for hydroxylation is 1. The van der Waals surface area contributed by atoms with Gasteiger partial charge in [-0.05, 0) is 58.5 Å². The van der Waals surface area contributed by atoms with Gasteiger partial charge in [-0.15, -0.1) is 0 Å². The van der Waals surface area contributed by atoms with Gasteiger partial charge >= 0.3 is 13.5 Å². The maximum atomic E-state index is 16.7. The summed E-state index contributed by atoms with van der Waals surface area (Å²) < 4.78 is 75.5. The van der Waals surface area contributed by atoms with Gasteiger partial charge in [0.25, 0.3) is 5.56 Å². The summed E-state index contributed by atoms with van der Waals surface area (Å²) >= 11 is 9.53. The summed E-state index contributed by atoms with van der Waals surface area (Å²) in [6, 6.07) is 22.7. The zero-order chi connectivity index (χ0) is 68.0. The molecule has 5 aliphatic heterocycles. The molecule has 31 nitrogen and oxygen atoms in total. The van der Waals surface area contributed by atoms with Crippen LogP contribution in [0.25, 0.3) is 34.3 Å². The number of nitrogens with one attached hydrogen (secondary N) is 6. The third-order valence-electron chi connectivity index (χ3n) is 16.6. The van der Waals surface area contributed by atoms with Crippen LogP contribution >= 0.6 is 25.8 Å². The van der Waals surface area contributed by atoms with Crippen LogP contribution in [0.1, 0.15) is 59.5 Å². The van der Waals surface area contributed by atoms with E-state index in [2.05, 4.69) is 64.1 Å². The largest absolute Gasteiger partial charge is 0.387 e. The third kappa shape index (κ3) is 16.2. The molecular weight excluding hydrogens is 1350 g/mol. The lowest BCUT2D eigenvalue weighted by Crippen LogP contribution is -2.52. The van der Waals surface area contributed by atoms with E-state index in [1.807, 2.05) is 60.7 Å². The number of carbonyl (C=O) groups is 6. The molecule has 6 unspecified atom stereocenters. The summed E-state index contributed by atoms with van der Waals surface area (Å²) in [6.07, 6.45) is -2.06. The van der Waals surface area contributed by atoms with Gasteiger partial charge in [0, 0.05) is 32.0 Å². The Labute approximate surface area is 562 Å². The van der Waals surface area contributed by atoms with Crippen LogP contribution in [0.4, 0.5) is 15.9 Å². The second-order valence-electron chi connectivity index (χ2n) is 23.1. The van der Waals surface area contributed by atoms with Crippen LogP contribution in [-0.2, 0) is 103 Å². The Bertz CT molecular complexity index is 4320. The van der Waals surface area contributed by atoms with Crippen molar-refractivity contribution in [1.82, 2.24) is 60.2 Å². The number of aromatic nitrogens is 7. The van der Waals surface area contributed by atoms with Crippen molar-refractivity contribution < 1.29 is 80.0 Å². The van der Waals surface area contributed by atoms with Gasteiger partial charge in [-0.2, -0.15) is 0 Å². The average molecular weight is 1410 g/mol. The van der Waals surface area contributed by atoms with E-state index in [-0.39, 0.29) is 56.2 Å². The van der Waals surface area contributed by atoms with E-state index >= 15 is 4.39 Å². The topological polar surface area (TPSA) is 383 Å². The number of nitrogens with zero attached hydrogens (tertiary/aromatic N) is 8. The molecule has 0 saturated carbocycles. The smallest absolute Gasteiger partial charge is 0.386 e. The van der Waals surface area contributed by atoms with E-state index in [9.17, 15) is 48.1 Å². The molecule has 0 radical (unpaired) electrons. The molecule has 0 spiro atoms. The second-order valence-corrected chi connectivity index (χ2v) is 28.8. The second kappa shape index (κ2) is 30.3. The maximum Gasteiger partial charge on any atom is 0.386 e. The normalized spacial score (nSPS) is 25.2. The summed E-state index contributed by atoms with van der Waals surface area (Å²) in [7, 11) is 0. The zero-order valence-electron chi connectivity index (χ0n) is 51.5. The van der Waals surface area contributed by atoms with Crippen molar-refractivity contribution in [3.63, 3.8) is 0 Å². The highest BCUT2D eigenvalue weighted by atomic mass is 32.7. The molecule has 97 heavy (non-hydrogen) atoms. The van der Waals surface area contributed by atoms with Crippen LogP contribution in [-0.4, -0.2) is 175 Å². The molecule has 2 bridgehead atoms. The lowest BCUT2D eigenvalue weighted by atomic mass is 10.0. The van der Waals surface area contributed by atoms with Crippen molar-refractivity contribution in [2.24, 2.45) is 0 Å². The minimum absolute atomic E-state index is 0.0165. The van der Waals surface area contributed by atoms with Crippen molar-refractivity contribution in [3.05, 3.63) is 142 Å². The van der Waals surface area contributed by atoms with E-state index in [1.165, 1.54) is 32.7 Å². The number of hydrogen-bond donors (Lipinski definition) is 9. The fourth-order valence-electron chi connectivity index (χ4n) is 11.8. The zero-order valence-corrected chi connectivity index (χ0v) is 55.0. The van der Waals surface area contributed by atoms with Gasteiger partial charge in [0.15, 0.2) is 29.8 Å². The van der Waals surface area contributed by atoms with E-state index in [4.69, 9.17) is 44.1 Å². The fraction of sp³-hybridized carbons (Fsp3) is 0.393. The van der Waals surface area contributed by atoms with Crippen molar-refractivity contribution in [2.45, 2.75) is 100 Å². The summed E-state index contributed by atoms with van der Waals surface area (Å²) in [5.74, 6) is -3.10. The van der Waals surface area contributed by atoms with Crippen LogP contribution in [0.5, 0.6) is 0 Å². The Kier molecular flexibility index (Phi) is 21.4. The highest BCUT2D eigenvalue weighted by molar-refractivity contribution is 8.44. The summed E-state index contributed by atoms with van der Waals surface area (Å²) in [4.78, 5) is 123. The Morgan fingerprint density at radius 2 is 1.49 bits per heavy atom. The number of para-hydroxylation sites is 1. The van der Waals surface area contributed by atoms with Gasteiger partial charge in [-0.1, -0.05) is 97.2 Å². The van der Waals surface area contributed by atoms with Crippen molar-refractivity contribution in [1.29, 1.82) is 0 Å². The minimum Gasteiger partial charge on any atom is -0.387 e. The average Bonchev–Trinajstić information content (AvgIpc) is 1.61. The summed E-state index contributed by atoms with van der Waals surface area (Å²) in [5, 5.41) is 28.0. The molecule has 9 heterocycles. The highest BCUT2D eigenvalue weighted by Gasteiger charge is 2.54. The predicted octanol–water partition coefficient (Wildman–Crippen LogP) is 2.63. The Morgan fingerprint density at radius 3 is 2.33 bits per heavy atom. The number of aliphatic hydroxyl groups is 1. The van der Waals surface area contributed by atoms with Crippen molar-refractivity contribution in [2.75, 3.05) is 62.9 Å². The lowest BCUT2D eigenvalue weighted by Gasteiger charge is -2.27. The number of carbonyl (C=O) groups excluding carboxylic acids is 6.